The molecule has 206 valence electrons. The van der Waals surface area contributed by atoms with Crippen LogP contribution in [-0.2, 0) is 9.47 Å². The van der Waals surface area contributed by atoms with Crippen LogP contribution in [0.4, 0.5) is 11.8 Å². The Morgan fingerprint density at radius 3 is 2.74 bits per heavy atom. The van der Waals surface area contributed by atoms with E-state index < -0.39 is 5.60 Å². The number of nitrogens with zero attached hydrogens (tertiary/aromatic N) is 5. The standard InChI is InChI=1S/C28H40N6O4/c1-18(17-37-4)31-27-30-15-24-22(14-23(34(24)32-27)19-5-7-21(35)8-6-19)20-9-10-29-26(13-20)33-11-12-38-25(16-33)28(2,3)36/h9-10,13-15,18-19,21,25,35-36H,5-8,11-12,16-17H2,1-4H3,(H,31,32)/t18-,19?,21?,25+/m0/s1. The highest BCUT2D eigenvalue weighted by atomic mass is 16.5. The van der Waals surface area contributed by atoms with E-state index in [0.29, 0.717) is 38.2 Å². The third-order valence-corrected chi connectivity index (χ3v) is 7.69. The normalized spacial score (nSPS) is 23.5. The van der Waals surface area contributed by atoms with Crippen LogP contribution in [0.2, 0.25) is 0 Å². The van der Waals surface area contributed by atoms with Gasteiger partial charge in [-0.2, -0.15) is 0 Å². The van der Waals surface area contributed by atoms with Gasteiger partial charge >= 0.3 is 0 Å². The summed E-state index contributed by atoms with van der Waals surface area (Å²) in [5.41, 5.74) is 3.24. The third-order valence-electron chi connectivity index (χ3n) is 7.69. The second-order valence-electron chi connectivity index (χ2n) is 11.2. The molecule has 2 atom stereocenters. The van der Waals surface area contributed by atoms with Gasteiger partial charge in [0.15, 0.2) is 0 Å². The van der Waals surface area contributed by atoms with Crippen molar-refractivity contribution in [1.29, 1.82) is 0 Å². The fourth-order valence-electron chi connectivity index (χ4n) is 5.53. The maximum atomic E-state index is 10.5. The number of hydrogen-bond acceptors (Lipinski definition) is 9. The third kappa shape index (κ3) is 5.78. The van der Waals surface area contributed by atoms with Crippen LogP contribution in [-0.4, -0.2) is 87.1 Å². The summed E-state index contributed by atoms with van der Waals surface area (Å²) in [5.74, 6) is 1.73. The number of morpholine rings is 1. The molecule has 3 aromatic heterocycles. The van der Waals surface area contributed by atoms with Crippen LogP contribution in [0, 0.1) is 0 Å². The first kappa shape index (κ1) is 26.8. The van der Waals surface area contributed by atoms with Gasteiger partial charge in [0.2, 0.25) is 5.95 Å². The monoisotopic (exact) mass is 524 g/mol. The quantitative estimate of drug-likeness (QED) is 0.408. The Bertz CT molecular complexity index is 1230. The molecule has 10 heteroatoms. The summed E-state index contributed by atoms with van der Waals surface area (Å²) in [6.07, 6.45) is 6.65. The van der Waals surface area contributed by atoms with Crippen LogP contribution >= 0.6 is 0 Å². The van der Waals surface area contributed by atoms with Gasteiger partial charge in [0, 0.05) is 49.6 Å². The molecule has 1 saturated carbocycles. The molecule has 0 spiro atoms. The number of aromatic nitrogens is 4. The van der Waals surface area contributed by atoms with E-state index in [4.69, 9.17) is 14.6 Å². The highest BCUT2D eigenvalue weighted by Gasteiger charge is 2.33. The lowest BCUT2D eigenvalue weighted by atomic mass is 9.85. The molecule has 1 aliphatic carbocycles. The maximum absolute atomic E-state index is 10.5. The predicted molar refractivity (Wildman–Crippen MR) is 147 cm³/mol. The Labute approximate surface area is 224 Å². The number of ether oxygens (including phenoxy) is 2. The average molecular weight is 525 g/mol. The van der Waals surface area contributed by atoms with Crippen molar-refractivity contribution in [2.24, 2.45) is 0 Å². The molecule has 1 aliphatic heterocycles. The van der Waals surface area contributed by atoms with Crippen LogP contribution in [0.3, 0.4) is 0 Å². The second kappa shape index (κ2) is 11.1. The first-order chi connectivity index (χ1) is 18.2. The summed E-state index contributed by atoms with van der Waals surface area (Å²) in [4.78, 5) is 11.5. The molecule has 0 radical (unpaired) electrons. The van der Waals surface area contributed by atoms with E-state index in [9.17, 15) is 10.2 Å². The van der Waals surface area contributed by atoms with E-state index >= 15 is 0 Å². The number of hydrogen-bond donors (Lipinski definition) is 3. The fraction of sp³-hybridized carbons (Fsp3) is 0.607. The van der Waals surface area contributed by atoms with E-state index in [1.165, 1.54) is 0 Å². The minimum atomic E-state index is -0.929. The molecule has 4 heterocycles. The number of rotatable bonds is 8. The van der Waals surface area contributed by atoms with Gasteiger partial charge in [0.25, 0.3) is 0 Å². The van der Waals surface area contributed by atoms with Crippen molar-refractivity contribution in [3.05, 3.63) is 36.3 Å². The molecule has 5 rings (SSSR count). The number of anilines is 2. The Balaban J connectivity index is 1.51. The second-order valence-corrected chi connectivity index (χ2v) is 11.2. The SMILES string of the molecule is COC[C@H](C)Nc1ncc2c(-c3ccnc(N4CCO[C@@H](C(C)(C)O)C4)c3)cc(C3CCC(O)CC3)n2n1. The first-order valence-electron chi connectivity index (χ1n) is 13.6. The molecule has 1 saturated heterocycles. The van der Waals surface area contributed by atoms with Crippen LogP contribution < -0.4 is 10.2 Å². The molecule has 0 aromatic carbocycles. The van der Waals surface area contributed by atoms with E-state index in [2.05, 4.69) is 32.3 Å². The Morgan fingerprint density at radius 2 is 2.00 bits per heavy atom. The highest BCUT2D eigenvalue weighted by Crippen LogP contribution is 2.38. The minimum Gasteiger partial charge on any atom is -0.393 e. The highest BCUT2D eigenvalue weighted by molar-refractivity contribution is 5.82. The number of fused-ring (bicyclic) bond motifs is 1. The number of aliphatic hydroxyl groups excluding tert-OH is 1. The van der Waals surface area contributed by atoms with E-state index in [0.717, 1.165) is 53.8 Å². The number of nitrogens with one attached hydrogen (secondary N) is 1. The summed E-state index contributed by atoms with van der Waals surface area (Å²) < 4.78 is 13.1. The van der Waals surface area contributed by atoms with Crippen LogP contribution in [0.5, 0.6) is 0 Å². The molecule has 3 N–H and O–H groups in total. The molecule has 0 bridgehead atoms. The van der Waals surface area contributed by atoms with Gasteiger partial charge in [0.05, 0.1) is 36.6 Å². The van der Waals surface area contributed by atoms with E-state index in [-0.39, 0.29) is 18.2 Å². The maximum Gasteiger partial charge on any atom is 0.241 e. The fourth-order valence-corrected chi connectivity index (χ4v) is 5.53. The molecule has 0 amide bonds. The molecular formula is C28H40N6O4. The Hall–Kier alpha value is -2.79. The minimum absolute atomic E-state index is 0.0739. The Kier molecular flexibility index (Phi) is 7.85. The summed E-state index contributed by atoms with van der Waals surface area (Å²) >= 11 is 0. The Morgan fingerprint density at radius 1 is 1.21 bits per heavy atom. The van der Waals surface area contributed by atoms with Crippen molar-refractivity contribution in [2.75, 3.05) is 43.6 Å². The molecule has 3 aromatic rings. The average Bonchev–Trinajstić information content (AvgIpc) is 3.28. The van der Waals surface area contributed by atoms with Crippen molar-refractivity contribution in [3.8, 4) is 11.1 Å². The van der Waals surface area contributed by atoms with Crippen molar-refractivity contribution < 1.29 is 19.7 Å². The van der Waals surface area contributed by atoms with Gasteiger partial charge in [0.1, 0.15) is 11.9 Å². The van der Waals surface area contributed by atoms with Crippen LogP contribution in [0.25, 0.3) is 16.6 Å². The van der Waals surface area contributed by atoms with Crippen molar-refractivity contribution >= 4 is 17.3 Å². The molecule has 2 aliphatic rings. The smallest absolute Gasteiger partial charge is 0.241 e. The number of methoxy groups -OCH3 is 1. The van der Waals surface area contributed by atoms with Gasteiger partial charge < -0.3 is 29.9 Å². The zero-order chi connectivity index (χ0) is 26.9. The van der Waals surface area contributed by atoms with Gasteiger partial charge in [-0.3, -0.25) is 0 Å². The van der Waals surface area contributed by atoms with E-state index in [1.54, 1.807) is 21.0 Å². The topological polar surface area (TPSA) is 117 Å². The van der Waals surface area contributed by atoms with Gasteiger partial charge in [-0.25, -0.2) is 14.5 Å². The van der Waals surface area contributed by atoms with Crippen molar-refractivity contribution in [2.45, 2.75) is 76.2 Å². The largest absolute Gasteiger partial charge is 0.393 e. The van der Waals surface area contributed by atoms with E-state index in [1.807, 2.05) is 29.9 Å². The summed E-state index contributed by atoms with van der Waals surface area (Å²) in [7, 11) is 1.68. The zero-order valence-electron chi connectivity index (χ0n) is 22.8. The van der Waals surface area contributed by atoms with Gasteiger partial charge in [-0.15, -0.1) is 5.10 Å². The lowest BCUT2D eigenvalue weighted by molar-refractivity contribution is -0.0929. The predicted octanol–water partition coefficient (Wildman–Crippen LogP) is 3.23. The van der Waals surface area contributed by atoms with Gasteiger partial charge in [-0.1, -0.05) is 0 Å². The molecule has 2 fully saturated rings. The summed E-state index contributed by atoms with van der Waals surface area (Å²) in [6.45, 7) is 7.98. The molecule has 10 nitrogen and oxygen atoms in total. The first-order valence-corrected chi connectivity index (χ1v) is 13.6. The van der Waals surface area contributed by atoms with Crippen LogP contribution in [0.15, 0.2) is 30.6 Å². The lowest BCUT2D eigenvalue weighted by Gasteiger charge is -2.39. The summed E-state index contributed by atoms with van der Waals surface area (Å²) in [6, 6.07) is 6.43. The molecular weight excluding hydrogens is 484 g/mol. The van der Waals surface area contributed by atoms with Crippen LogP contribution in [0.1, 0.15) is 58.1 Å². The van der Waals surface area contributed by atoms with Gasteiger partial charge in [-0.05, 0) is 70.2 Å². The van der Waals surface area contributed by atoms with Crippen molar-refractivity contribution in [1.82, 2.24) is 19.6 Å². The lowest BCUT2D eigenvalue weighted by Crippen LogP contribution is -2.52. The molecule has 0 unspecified atom stereocenters. The number of aliphatic hydroxyl groups is 2. The number of pyridine rings is 1. The molecule has 38 heavy (non-hydrogen) atoms. The zero-order valence-corrected chi connectivity index (χ0v) is 22.8. The summed E-state index contributed by atoms with van der Waals surface area (Å²) in [5, 5.41) is 28.8. The van der Waals surface area contributed by atoms with Crippen molar-refractivity contribution in [3.63, 3.8) is 0 Å².